The Bertz CT molecular complexity index is 861. The highest BCUT2D eigenvalue weighted by atomic mass is 16.4. The van der Waals surface area contributed by atoms with Crippen LogP contribution in [0.1, 0.15) is 17.3 Å². The highest BCUT2D eigenvalue weighted by Gasteiger charge is 2.22. The Hall–Kier alpha value is -3.47. The highest BCUT2D eigenvalue weighted by molar-refractivity contribution is 5.84. The van der Waals surface area contributed by atoms with Gasteiger partial charge in [-0.15, -0.1) is 5.10 Å². The second kappa shape index (κ2) is 9.15. The molecule has 0 radical (unpaired) electrons. The first-order valence-electron chi connectivity index (χ1n) is 9.20. The van der Waals surface area contributed by atoms with Crippen LogP contribution >= 0.6 is 0 Å². The Labute approximate surface area is 167 Å². The summed E-state index contributed by atoms with van der Waals surface area (Å²) in [6.07, 6.45) is 1.68. The number of carboxylic acids is 1. The van der Waals surface area contributed by atoms with E-state index < -0.39 is 17.9 Å². The van der Waals surface area contributed by atoms with Gasteiger partial charge in [-0.25, -0.2) is 9.48 Å². The standard InChI is InChI=1S/C18H24N8O3/c19-18(20)25-8-6-24(7-9-25)10-14-11-26(23-22-14)12-15(27)21-16(17(28)29)13-4-2-1-3-5-13/h1-5,11,16H,6-10,12H2,(H3,19,20)(H,21,27)(H,28,29)/t16-/m0/s1. The molecule has 3 rings (SSSR count). The van der Waals surface area contributed by atoms with Gasteiger partial charge in [0.2, 0.25) is 5.91 Å². The zero-order valence-electron chi connectivity index (χ0n) is 15.9. The van der Waals surface area contributed by atoms with Crippen LogP contribution in [0.2, 0.25) is 0 Å². The summed E-state index contributed by atoms with van der Waals surface area (Å²) in [5, 5.41) is 27.4. The van der Waals surface area contributed by atoms with Crippen molar-refractivity contribution in [2.75, 3.05) is 26.2 Å². The van der Waals surface area contributed by atoms with E-state index in [1.807, 2.05) is 4.90 Å². The first-order chi connectivity index (χ1) is 13.9. The predicted octanol–water partition coefficient (Wildman–Crippen LogP) is -0.769. The summed E-state index contributed by atoms with van der Waals surface area (Å²) in [7, 11) is 0. The molecule has 1 amide bonds. The molecular formula is C18H24N8O3. The average molecular weight is 400 g/mol. The van der Waals surface area contributed by atoms with Gasteiger partial charge in [-0.1, -0.05) is 35.5 Å². The summed E-state index contributed by atoms with van der Waals surface area (Å²) < 4.78 is 1.39. The van der Waals surface area contributed by atoms with Gasteiger partial charge in [0.1, 0.15) is 6.54 Å². The van der Waals surface area contributed by atoms with Crippen molar-refractivity contribution in [3.63, 3.8) is 0 Å². The smallest absolute Gasteiger partial charge is 0.330 e. The SMILES string of the molecule is N=C(N)N1CCN(Cc2cn(CC(=O)N[C@H](C(=O)O)c3ccccc3)nn2)CC1. The fourth-order valence-electron chi connectivity index (χ4n) is 3.15. The number of aromatic nitrogens is 3. The Kier molecular flexibility index (Phi) is 6.39. The Morgan fingerprint density at radius 2 is 1.90 bits per heavy atom. The van der Waals surface area contributed by atoms with Crippen LogP contribution in [0.3, 0.4) is 0 Å². The lowest BCUT2D eigenvalue weighted by molar-refractivity contribution is -0.142. The quantitative estimate of drug-likeness (QED) is 0.349. The molecule has 29 heavy (non-hydrogen) atoms. The van der Waals surface area contributed by atoms with Crippen molar-refractivity contribution in [2.24, 2.45) is 5.73 Å². The van der Waals surface area contributed by atoms with E-state index >= 15 is 0 Å². The lowest BCUT2D eigenvalue weighted by Gasteiger charge is -2.34. The van der Waals surface area contributed by atoms with Gasteiger partial charge in [0.05, 0.1) is 11.9 Å². The summed E-state index contributed by atoms with van der Waals surface area (Å²) in [6.45, 7) is 3.33. The molecule has 0 unspecified atom stereocenters. The average Bonchev–Trinajstić information content (AvgIpc) is 3.13. The number of nitrogens with zero attached hydrogens (tertiary/aromatic N) is 5. The number of aliphatic carboxylic acids is 1. The number of nitrogens with one attached hydrogen (secondary N) is 2. The molecule has 2 aromatic rings. The number of hydrogen-bond donors (Lipinski definition) is 4. The second-order valence-electron chi connectivity index (χ2n) is 6.81. The van der Waals surface area contributed by atoms with Crippen LogP contribution < -0.4 is 11.1 Å². The van der Waals surface area contributed by atoms with E-state index in [2.05, 4.69) is 20.5 Å². The number of amides is 1. The summed E-state index contributed by atoms with van der Waals surface area (Å²) >= 11 is 0. The van der Waals surface area contributed by atoms with E-state index in [0.29, 0.717) is 30.9 Å². The molecule has 1 saturated heterocycles. The number of rotatable bonds is 7. The third kappa shape index (κ3) is 5.51. The maximum Gasteiger partial charge on any atom is 0.330 e. The Balaban J connectivity index is 1.52. The summed E-state index contributed by atoms with van der Waals surface area (Å²) in [4.78, 5) is 27.8. The van der Waals surface area contributed by atoms with Crippen molar-refractivity contribution < 1.29 is 14.7 Å². The zero-order chi connectivity index (χ0) is 20.8. The van der Waals surface area contributed by atoms with Crippen LogP contribution in [0.25, 0.3) is 0 Å². The molecule has 2 heterocycles. The lowest BCUT2D eigenvalue weighted by Crippen LogP contribution is -2.50. The van der Waals surface area contributed by atoms with Gasteiger partial charge in [0, 0.05) is 32.7 Å². The minimum atomic E-state index is -1.13. The number of benzene rings is 1. The molecule has 1 aromatic heterocycles. The van der Waals surface area contributed by atoms with Crippen molar-refractivity contribution >= 4 is 17.8 Å². The maximum absolute atomic E-state index is 12.3. The van der Waals surface area contributed by atoms with Crippen molar-refractivity contribution in [3.05, 3.63) is 47.8 Å². The number of piperazine rings is 1. The van der Waals surface area contributed by atoms with Gasteiger partial charge < -0.3 is 21.1 Å². The first-order valence-corrected chi connectivity index (χ1v) is 9.20. The normalized spacial score (nSPS) is 15.7. The van der Waals surface area contributed by atoms with Crippen LogP contribution in [0.5, 0.6) is 0 Å². The van der Waals surface area contributed by atoms with Crippen molar-refractivity contribution in [1.29, 1.82) is 5.41 Å². The van der Waals surface area contributed by atoms with Crippen molar-refractivity contribution in [1.82, 2.24) is 30.1 Å². The molecule has 1 aromatic carbocycles. The minimum absolute atomic E-state index is 0.0803. The number of guanidine groups is 1. The lowest BCUT2D eigenvalue weighted by atomic mass is 10.1. The van der Waals surface area contributed by atoms with Crippen molar-refractivity contribution in [3.8, 4) is 0 Å². The van der Waals surface area contributed by atoms with E-state index in [-0.39, 0.29) is 12.5 Å². The van der Waals surface area contributed by atoms with Gasteiger partial charge in [-0.2, -0.15) is 0 Å². The predicted molar refractivity (Wildman–Crippen MR) is 104 cm³/mol. The maximum atomic E-state index is 12.3. The number of carboxylic acid groups (broad SMARTS) is 1. The largest absolute Gasteiger partial charge is 0.479 e. The fraction of sp³-hybridized carbons (Fsp3) is 0.389. The van der Waals surface area contributed by atoms with Crippen LogP contribution in [0.4, 0.5) is 0 Å². The van der Waals surface area contributed by atoms with Crippen LogP contribution in [0.15, 0.2) is 36.5 Å². The van der Waals surface area contributed by atoms with E-state index in [1.54, 1.807) is 36.5 Å². The summed E-state index contributed by atoms with van der Waals surface area (Å²) in [5.41, 5.74) is 6.71. The topological polar surface area (TPSA) is 153 Å². The van der Waals surface area contributed by atoms with E-state index in [9.17, 15) is 14.7 Å². The third-order valence-electron chi connectivity index (χ3n) is 4.68. The number of carbonyl (C=O) groups excluding carboxylic acids is 1. The molecule has 0 spiro atoms. The van der Waals surface area contributed by atoms with E-state index in [0.717, 1.165) is 13.1 Å². The summed E-state index contributed by atoms with van der Waals surface area (Å²) in [6, 6.07) is 7.40. The van der Waals surface area contributed by atoms with E-state index in [4.69, 9.17) is 11.1 Å². The van der Waals surface area contributed by atoms with Gasteiger partial charge in [0.25, 0.3) is 0 Å². The van der Waals surface area contributed by atoms with Crippen molar-refractivity contribution in [2.45, 2.75) is 19.1 Å². The third-order valence-corrected chi connectivity index (χ3v) is 4.68. The molecule has 1 fully saturated rings. The molecule has 0 bridgehead atoms. The second-order valence-corrected chi connectivity index (χ2v) is 6.81. The molecule has 0 aliphatic carbocycles. The van der Waals surface area contributed by atoms with Gasteiger partial charge in [-0.05, 0) is 5.56 Å². The van der Waals surface area contributed by atoms with Crippen LogP contribution in [-0.2, 0) is 22.7 Å². The molecular weight excluding hydrogens is 376 g/mol. The molecule has 5 N–H and O–H groups in total. The van der Waals surface area contributed by atoms with Gasteiger partial charge in [-0.3, -0.25) is 15.1 Å². The fourth-order valence-corrected chi connectivity index (χ4v) is 3.15. The number of hydrogen-bond acceptors (Lipinski definition) is 6. The Morgan fingerprint density at radius 3 is 2.52 bits per heavy atom. The molecule has 154 valence electrons. The van der Waals surface area contributed by atoms with Crippen LogP contribution in [-0.4, -0.2) is 73.9 Å². The molecule has 0 saturated carbocycles. The van der Waals surface area contributed by atoms with E-state index in [1.165, 1.54) is 4.68 Å². The minimum Gasteiger partial charge on any atom is -0.479 e. The highest BCUT2D eigenvalue weighted by Crippen LogP contribution is 2.12. The number of nitrogens with two attached hydrogens (primary N) is 1. The Morgan fingerprint density at radius 1 is 1.21 bits per heavy atom. The molecule has 1 aliphatic heterocycles. The molecule has 1 atom stereocenters. The molecule has 11 heteroatoms. The summed E-state index contributed by atoms with van der Waals surface area (Å²) in [5.74, 6) is -1.52. The number of carbonyl (C=O) groups is 2. The molecule has 11 nitrogen and oxygen atoms in total. The van der Waals surface area contributed by atoms with Gasteiger partial charge in [0.15, 0.2) is 12.0 Å². The zero-order valence-corrected chi connectivity index (χ0v) is 15.9. The van der Waals surface area contributed by atoms with Gasteiger partial charge >= 0.3 is 5.97 Å². The van der Waals surface area contributed by atoms with Crippen LogP contribution in [0, 0.1) is 5.41 Å². The monoisotopic (exact) mass is 400 g/mol. The first kappa shape index (κ1) is 20.3. The molecule has 1 aliphatic rings.